The summed E-state index contributed by atoms with van der Waals surface area (Å²) in [5, 5.41) is 0. The first-order valence-electron chi connectivity index (χ1n) is 11.3. The monoisotopic (exact) mass is 432 g/mol. The quantitative estimate of drug-likeness (QED) is 0.534. The molecule has 0 aromatic heterocycles. The molecular formula is C25H37FN2O3. The van der Waals surface area contributed by atoms with Crippen LogP contribution >= 0.6 is 0 Å². The molecule has 1 heterocycles. The molecule has 0 radical (unpaired) electrons. The lowest BCUT2D eigenvalue weighted by Crippen LogP contribution is -2.56. The number of carbonyl (C=O) groups excluding carboxylic acids is 2. The number of benzene rings is 1. The average Bonchev–Trinajstić information content (AvgIpc) is 2.74. The van der Waals surface area contributed by atoms with Crippen molar-refractivity contribution >= 4 is 11.8 Å². The van der Waals surface area contributed by atoms with Crippen molar-refractivity contribution in [3.63, 3.8) is 0 Å². The molecule has 2 amide bonds. The van der Waals surface area contributed by atoms with Crippen LogP contribution in [0.25, 0.3) is 0 Å². The minimum Gasteiger partial charge on any atom is -0.360 e. The Morgan fingerprint density at radius 1 is 1.29 bits per heavy atom. The van der Waals surface area contributed by atoms with Crippen LogP contribution in [0.5, 0.6) is 0 Å². The van der Waals surface area contributed by atoms with Gasteiger partial charge in [0.2, 0.25) is 5.91 Å². The Balaban J connectivity index is 2.24. The highest BCUT2D eigenvalue weighted by Gasteiger charge is 2.34. The van der Waals surface area contributed by atoms with E-state index >= 15 is 0 Å². The predicted molar refractivity (Wildman–Crippen MR) is 121 cm³/mol. The number of hydrogen-bond donors (Lipinski definition) is 0. The third-order valence-corrected chi connectivity index (χ3v) is 5.97. The van der Waals surface area contributed by atoms with Crippen molar-refractivity contribution in [2.45, 2.75) is 72.1 Å². The average molecular weight is 433 g/mol. The van der Waals surface area contributed by atoms with Crippen LogP contribution in [0.2, 0.25) is 0 Å². The van der Waals surface area contributed by atoms with Gasteiger partial charge in [-0.3, -0.25) is 9.59 Å². The summed E-state index contributed by atoms with van der Waals surface area (Å²) >= 11 is 0. The van der Waals surface area contributed by atoms with Gasteiger partial charge in [-0.25, -0.2) is 4.39 Å². The van der Waals surface area contributed by atoms with E-state index in [0.717, 1.165) is 19.3 Å². The van der Waals surface area contributed by atoms with Gasteiger partial charge in [-0.2, -0.15) is 0 Å². The smallest absolute Gasteiger partial charge is 0.256 e. The molecule has 0 spiro atoms. The van der Waals surface area contributed by atoms with Crippen molar-refractivity contribution in [1.29, 1.82) is 0 Å². The number of nitrogens with zero attached hydrogens (tertiary/aromatic N) is 2. The molecule has 31 heavy (non-hydrogen) atoms. The van der Waals surface area contributed by atoms with E-state index in [1.807, 2.05) is 13.8 Å². The fourth-order valence-corrected chi connectivity index (χ4v) is 3.90. The minimum absolute atomic E-state index is 0.0817. The number of piperazine rings is 1. The molecule has 6 heteroatoms. The number of aryl methyl sites for hydroxylation is 1. The molecule has 5 nitrogen and oxygen atoms in total. The van der Waals surface area contributed by atoms with Crippen molar-refractivity contribution in [3.05, 3.63) is 47.8 Å². The summed E-state index contributed by atoms with van der Waals surface area (Å²) in [5.74, 6) is -0.111. The van der Waals surface area contributed by atoms with Gasteiger partial charge in [0.05, 0.1) is 6.10 Å². The highest BCUT2D eigenvalue weighted by Crippen LogP contribution is 2.28. The largest absolute Gasteiger partial charge is 0.360 e. The zero-order valence-corrected chi connectivity index (χ0v) is 19.6. The Labute approximate surface area is 186 Å². The van der Waals surface area contributed by atoms with Crippen molar-refractivity contribution in [3.8, 4) is 0 Å². The molecule has 0 aliphatic carbocycles. The molecule has 2 unspecified atom stereocenters. The van der Waals surface area contributed by atoms with Gasteiger partial charge >= 0.3 is 0 Å². The van der Waals surface area contributed by atoms with Crippen molar-refractivity contribution < 1.29 is 18.7 Å². The summed E-state index contributed by atoms with van der Waals surface area (Å²) in [6.07, 6.45) is 2.99. The molecule has 2 rings (SSSR count). The lowest BCUT2D eigenvalue weighted by Gasteiger charge is -2.41. The van der Waals surface area contributed by atoms with Gasteiger partial charge in [0.1, 0.15) is 5.82 Å². The number of ether oxygens (including phenoxy) is 1. The second kappa shape index (κ2) is 11.4. The molecule has 1 aromatic carbocycles. The molecule has 1 aliphatic rings. The zero-order valence-electron chi connectivity index (χ0n) is 19.6. The van der Waals surface area contributed by atoms with Crippen molar-refractivity contribution in [2.24, 2.45) is 5.92 Å². The summed E-state index contributed by atoms with van der Waals surface area (Å²) < 4.78 is 20.6. The van der Waals surface area contributed by atoms with E-state index in [9.17, 15) is 14.0 Å². The first kappa shape index (κ1) is 25.1. The summed E-state index contributed by atoms with van der Waals surface area (Å²) in [5.41, 5.74) is 1.07. The van der Waals surface area contributed by atoms with Gasteiger partial charge in [0.15, 0.2) is 6.10 Å². The van der Waals surface area contributed by atoms with Gasteiger partial charge in [-0.1, -0.05) is 39.5 Å². The fourth-order valence-electron chi connectivity index (χ4n) is 3.90. The second-order valence-corrected chi connectivity index (χ2v) is 8.90. The summed E-state index contributed by atoms with van der Waals surface area (Å²) in [4.78, 5) is 29.0. The molecule has 1 aliphatic heterocycles. The molecule has 172 valence electrons. The molecule has 1 saturated heterocycles. The van der Waals surface area contributed by atoms with Crippen LogP contribution in [0.3, 0.4) is 0 Å². The van der Waals surface area contributed by atoms with E-state index in [1.54, 1.807) is 28.9 Å². The van der Waals surface area contributed by atoms with Crippen molar-refractivity contribution in [2.75, 3.05) is 19.6 Å². The highest BCUT2D eigenvalue weighted by atomic mass is 19.1. The number of carbonyl (C=O) groups is 2. The van der Waals surface area contributed by atoms with E-state index in [1.165, 1.54) is 12.1 Å². The summed E-state index contributed by atoms with van der Waals surface area (Å²) in [6, 6.07) is 4.75. The SMILES string of the molecule is C=CC(=O)N1CCN(C(=O)C(OC(CC)CCC(C)C)c2ccc(C)c(F)c2)C[C@H]1C. The lowest BCUT2D eigenvalue weighted by molar-refractivity contribution is -0.153. The topological polar surface area (TPSA) is 49.9 Å². The third-order valence-electron chi connectivity index (χ3n) is 5.97. The lowest BCUT2D eigenvalue weighted by atomic mass is 10.0. The maximum absolute atomic E-state index is 14.3. The molecule has 0 bridgehead atoms. The van der Waals surface area contributed by atoms with Gasteiger partial charge in [0, 0.05) is 25.7 Å². The Bertz CT molecular complexity index is 780. The van der Waals surface area contributed by atoms with Crippen LogP contribution in [0.15, 0.2) is 30.9 Å². The summed E-state index contributed by atoms with van der Waals surface area (Å²) in [6.45, 7) is 14.8. The normalized spacial score (nSPS) is 18.7. The number of hydrogen-bond acceptors (Lipinski definition) is 3. The number of amides is 2. The minimum atomic E-state index is -0.860. The first-order chi connectivity index (χ1) is 14.7. The van der Waals surface area contributed by atoms with Crippen LogP contribution in [-0.2, 0) is 14.3 Å². The highest BCUT2D eigenvalue weighted by molar-refractivity contribution is 5.88. The molecule has 0 N–H and O–H groups in total. The summed E-state index contributed by atoms with van der Waals surface area (Å²) in [7, 11) is 0. The second-order valence-electron chi connectivity index (χ2n) is 8.90. The third kappa shape index (κ3) is 6.63. The Hall–Kier alpha value is -2.21. The van der Waals surface area contributed by atoms with Gasteiger partial charge in [-0.15, -0.1) is 0 Å². The van der Waals surface area contributed by atoms with E-state index in [4.69, 9.17) is 4.74 Å². The maximum Gasteiger partial charge on any atom is 0.256 e. The van der Waals surface area contributed by atoms with Crippen LogP contribution in [0, 0.1) is 18.7 Å². The standard InChI is InChI=1S/C25H37FN2O3/c1-7-21(12-9-17(3)4)31-24(20-11-10-18(5)22(26)15-20)25(30)27-13-14-28(19(6)16-27)23(29)8-2/h8,10-11,15,17,19,21,24H,2,7,9,12-14,16H2,1,3-6H3/t19-,21?,24?/m1/s1. The predicted octanol–water partition coefficient (Wildman–Crippen LogP) is 4.65. The van der Waals surface area contributed by atoms with E-state index < -0.39 is 6.10 Å². The number of halogens is 1. The first-order valence-corrected chi connectivity index (χ1v) is 11.3. The Morgan fingerprint density at radius 2 is 2.00 bits per heavy atom. The van der Waals surface area contributed by atoms with E-state index in [2.05, 4.69) is 20.4 Å². The molecular weight excluding hydrogens is 395 g/mol. The molecule has 1 aromatic rings. The maximum atomic E-state index is 14.3. The molecule has 0 saturated carbocycles. The van der Waals surface area contributed by atoms with Gasteiger partial charge in [-0.05, 0) is 62.3 Å². The Morgan fingerprint density at radius 3 is 2.55 bits per heavy atom. The van der Waals surface area contributed by atoms with Crippen LogP contribution in [0.1, 0.15) is 64.2 Å². The van der Waals surface area contributed by atoms with Gasteiger partial charge < -0.3 is 14.5 Å². The van der Waals surface area contributed by atoms with Crippen LogP contribution in [-0.4, -0.2) is 53.4 Å². The van der Waals surface area contributed by atoms with Crippen LogP contribution < -0.4 is 0 Å². The Kier molecular flexibility index (Phi) is 9.23. The fraction of sp³-hybridized carbons (Fsp3) is 0.600. The van der Waals surface area contributed by atoms with Crippen molar-refractivity contribution in [1.82, 2.24) is 9.80 Å². The van der Waals surface area contributed by atoms with Crippen LogP contribution in [0.4, 0.5) is 4.39 Å². The zero-order chi connectivity index (χ0) is 23.1. The van der Waals surface area contributed by atoms with E-state index in [0.29, 0.717) is 36.7 Å². The molecule has 1 fully saturated rings. The molecule has 3 atom stereocenters. The van der Waals surface area contributed by atoms with Gasteiger partial charge in [0.25, 0.3) is 5.91 Å². The number of rotatable bonds is 9. The van der Waals surface area contributed by atoms with E-state index in [-0.39, 0.29) is 29.8 Å².